The number of rotatable bonds is 8. The molecule has 0 spiro atoms. The molecular formula is C32H23N3O4S2. The lowest BCUT2D eigenvalue weighted by atomic mass is 10.0. The number of imidazole rings is 1. The van der Waals surface area contributed by atoms with E-state index in [2.05, 4.69) is 10.3 Å². The Hall–Kier alpha value is -4.73. The maximum atomic E-state index is 13.9. The molecule has 1 amide bonds. The average Bonchev–Trinajstić information content (AvgIpc) is 3.39. The minimum atomic E-state index is -4.04. The molecule has 1 N–H and O–H groups in total. The van der Waals surface area contributed by atoms with E-state index in [-0.39, 0.29) is 21.6 Å². The molecule has 0 saturated heterocycles. The summed E-state index contributed by atoms with van der Waals surface area (Å²) in [4.78, 5) is 30.8. The molecule has 0 fully saturated rings. The second kappa shape index (κ2) is 11.0. The smallest absolute Gasteiger partial charge is 0.270 e. The summed E-state index contributed by atoms with van der Waals surface area (Å²) in [5.74, 6) is -0.729. The largest absolute Gasteiger partial charge is 0.325 e. The number of nitrogens with one attached hydrogen (secondary N) is 1. The molecule has 0 bridgehead atoms. The molecule has 6 rings (SSSR count). The highest BCUT2D eigenvalue weighted by Crippen LogP contribution is 2.30. The van der Waals surface area contributed by atoms with Crippen LogP contribution in [0.4, 0.5) is 5.69 Å². The first-order valence-corrected chi connectivity index (χ1v) is 15.2. The molecule has 0 aliphatic rings. The number of fused-ring (bicyclic) bond motifs is 2. The van der Waals surface area contributed by atoms with Gasteiger partial charge in [0.2, 0.25) is 5.91 Å². The van der Waals surface area contributed by atoms with Gasteiger partial charge >= 0.3 is 0 Å². The topological polar surface area (TPSA) is 98.1 Å². The van der Waals surface area contributed by atoms with Crippen molar-refractivity contribution in [1.29, 1.82) is 0 Å². The highest BCUT2D eigenvalue weighted by Gasteiger charge is 2.25. The van der Waals surface area contributed by atoms with Crippen molar-refractivity contribution >= 4 is 61.0 Å². The highest BCUT2D eigenvalue weighted by atomic mass is 32.2. The lowest BCUT2D eigenvalue weighted by Gasteiger charge is -2.12. The van der Waals surface area contributed by atoms with Crippen LogP contribution in [0.2, 0.25) is 0 Å². The van der Waals surface area contributed by atoms with Gasteiger partial charge in [0.05, 0.1) is 27.4 Å². The zero-order valence-electron chi connectivity index (χ0n) is 21.6. The van der Waals surface area contributed by atoms with Crippen LogP contribution in [0.1, 0.15) is 15.9 Å². The van der Waals surface area contributed by atoms with E-state index >= 15 is 0 Å². The number of benzene rings is 5. The van der Waals surface area contributed by atoms with E-state index < -0.39 is 15.9 Å². The van der Waals surface area contributed by atoms with Gasteiger partial charge in [0.25, 0.3) is 10.0 Å². The quantitative estimate of drug-likeness (QED) is 0.166. The van der Waals surface area contributed by atoms with Crippen LogP contribution < -0.4 is 5.32 Å². The fourth-order valence-electron chi connectivity index (χ4n) is 4.59. The summed E-state index contributed by atoms with van der Waals surface area (Å²) in [7, 11) is -4.04. The molecule has 0 aliphatic heterocycles. The Morgan fingerprint density at radius 2 is 1.44 bits per heavy atom. The van der Waals surface area contributed by atoms with Gasteiger partial charge in [0, 0.05) is 11.1 Å². The molecule has 9 heteroatoms. The number of thioether (sulfide) groups is 1. The summed E-state index contributed by atoms with van der Waals surface area (Å²) in [5, 5.41) is 4.71. The van der Waals surface area contributed by atoms with E-state index in [0.717, 1.165) is 22.5 Å². The number of amides is 1. The van der Waals surface area contributed by atoms with E-state index in [0.29, 0.717) is 27.8 Å². The summed E-state index contributed by atoms with van der Waals surface area (Å²) in [6.45, 7) is 0. The second-order valence-corrected chi connectivity index (χ2v) is 12.0. The van der Waals surface area contributed by atoms with E-state index in [1.165, 1.54) is 3.97 Å². The SMILES string of the molecule is O=C(CSc1nc2ccccc2n1S(=O)(=O)c1ccc2ccccc2c1)Nc1ccccc1C(=O)c1ccccc1. The standard InChI is InChI=1S/C32H23N3O4S2/c36-30(33-27-15-7-6-14-26(27)31(37)23-11-2-1-3-12-23)21-40-32-34-28-16-8-9-17-29(28)35(32)41(38,39)25-19-18-22-10-4-5-13-24(22)20-25/h1-20H,21H2,(H,33,36). The Kier molecular flexibility index (Phi) is 7.13. The predicted molar refractivity (Wildman–Crippen MR) is 162 cm³/mol. The molecular weight excluding hydrogens is 555 g/mol. The maximum absolute atomic E-state index is 13.9. The number of hydrogen-bond donors (Lipinski definition) is 1. The molecule has 202 valence electrons. The number of carbonyl (C=O) groups is 2. The summed E-state index contributed by atoms with van der Waals surface area (Å²) in [6, 6.07) is 35.1. The van der Waals surface area contributed by atoms with Crippen molar-refractivity contribution in [3.05, 3.63) is 132 Å². The fraction of sp³-hybridized carbons (Fsp3) is 0.0312. The third-order valence-corrected chi connectivity index (χ3v) is 9.32. The Labute approximate surface area is 240 Å². The van der Waals surface area contributed by atoms with Crippen LogP contribution in [0.5, 0.6) is 0 Å². The lowest BCUT2D eigenvalue weighted by Crippen LogP contribution is -2.18. The Morgan fingerprint density at radius 3 is 2.27 bits per heavy atom. The van der Waals surface area contributed by atoms with E-state index in [1.807, 2.05) is 30.3 Å². The lowest BCUT2D eigenvalue weighted by molar-refractivity contribution is -0.113. The van der Waals surface area contributed by atoms with Crippen molar-refractivity contribution in [1.82, 2.24) is 8.96 Å². The highest BCUT2D eigenvalue weighted by molar-refractivity contribution is 8.00. The molecule has 1 aromatic heterocycles. The maximum Gasteiger partial charge on any atom is 0.270 e. The monoisotopic (exact) mass is 577 g/mol. The van der Waals surface area contributed by atoms with Crippen molar-refractivity contribution in [2.45, 2.75) is 10.1 Å². The third kappa shape index (κ3) is 5.25. The number of ketones is 1. The molecule has 0 unspecified atom stereocenters. The van der Waals surface area contributed by atoms with Gasteiger partial charge in [-0.25, -0.2) is 17.4 Å². The zero-order valence-corrected chi connectivity index (χ0v) is 23.2. The van der Waals surface area contributed by atoms with E-state index in [4.69, 9.17) is 0 Å². The van der Waals surface area contributed by atoms with Gasteiger partial charge in [-0.3, -0.25) is 9.59 Å². The molecule has 0 radical (unpaired) electrons. The number of anilines is 1. The minimum Gasteiger partial charge on any atom is -0.325 e. The van der Waals surface area contributed by atoms with Crippen LogP contribution in [-0.2, 0) is 14.8 Å². The van der Waals surface area contributed by atoms with Gasteiger partial charge < -0.3 is 5.32 Å². The summed E-state index contributed by atoms with van der Waals surface area (Å²) in [5.41, 5.74) is 2.17. The molecule has 6 aromatic rings. The van der Waals surface area contributed by atoms with Gasteiger partial charge in [-0.05, 0) is 47.2 Å². The van der Waals surface area contributed by atoms with Crippen LogP contribution in [0.15, 0.2) is 131 Å². The van der Waals surface area contributed by atoms with Crippen molar-refractivity contribution in [3.63, 3.8) is 0 Å². The summed E-state index contributed by atoms with van der Waals surface area (Å²) >= 11 is 1.01. The molecule has 1 heterocycles. The zero-order chi connectivity index (χ0) is 28.4. The van der Waals surface area contributed by atoms with E-state index in [1.54, 1.807) is 91.0 Å². The van der Waals surface area contributed by atoms with Gasteiger partial charge in [-0.2, -0.15) is 0 Å². The molecule has 5 aromatic carbocycles. The summed E-state index contributed by atoms with van der Waals surface area (Å²) < 4.78 is 29.1. The third-order valence-electron chi connectivity index (χ3n) is 6.56. The number of hydrogen-bond acceptors (Lipinski definition) is 6. The number of aromatic nitrogens is 2. The van der Waals surface area contributed by atoms with Gasteiger partial charge in [0.1, 0.15) is 0 Å². The van der Waals surface area contributed by atoms with Crippen LogP contribution in [0, 0.1) is 0 Å². The van der Waals surface area contributed by atoms with Crippen molar-refractivity contribution in [2.24, 2.45) is 0 Å². The normalized spacial score (nSPS) is 11.5. The summed E-state index contributed by atoms with van der Waals surface area (Å²) in [6.07, 6.45) is 0. The number of nitrogens with zero attached hydrogens (tertiary/aromatic N) is 2. The average molecular weight is 578 g/mol. The first-order valence-electron chi connectivity index (χ1n) is 12.7. The Balaban J connectivity index is 1.28. The van der Waals surface area contributed by atoms with Crippen LogP contribution in [0.3, 0.4) is 0 Å². The first-order chi connectivity index (χ1) is 19.9. The van der Waals surface area contributed by atoms with Gasteiger partial charge in [0.15, 0.2) is 10.9 Å². The minimum absolute atomic E-state index is 0.121. The predicted octanol–water partition coefficient (Wildman–Crippen LogP) is 6.39. The van der Waals surface area contributed by atoms with Crippen LogP contribution in [-0.4, -0.2) is 34.8 Å². The van der Waals surface area contributed by atoms with Crippen molar-refractivity contribution in [3.8, 4) is 0 Å². The van der Waals surface area contributed by atoms with Gasteiger partial charge in [-0.1, -0.05) is 96.7 Å². The molecule has 41 heavy (non-hydrogen) atoms. The first kappa shape index (κ1) is 26.5. The fourth-order valence-corrected chi connectivity index (χ4v) is 7.14. The number of para-hydroxylation sites is 3. The Bertz CT molecular complexity index is 2040. The molecule has 0 saturated carbocycles. The number of carbonyl (C=O) groups excluding carboxylic acids is 2. The molecule has 0 atom stereocenters. The van der Waals surface area contributed by atoms with Crippen molar-refractivity contribution in [2.75, 3.05) is 11.1 Å². The molecule has 7 nitrogen and oxygen atoms in total. The van der Waals surface area contributed by atoms with Gasteiger partial charge in [-0.15, -0.1) is 0 Å². The van der Waals surface area contributed by atoms with Crippen molar-refractivity contribution < 1.29 is 18.0 Å². The second-order valence-electron chi connectivity index (χ2n) is 9.24. The van der Waals surface area contributed by atoms with Crippen LogP contribution in [0.25, 0.3) is 21.8 Å². The Morgan fingerprint density at radius 1 is 0.756 bits per heavy atom. The molecule has 0 aliphatic carbocycles. The van der Waals surface area contributed by atoms with Crippen LogP contribution >= 0.6 is 11.8 Å². The van der Waals surface area contributed by atoms with E-state index in [9.17, 15) is 18.0 Å².